The standard InChI is InChI=1S/C20H24FN3/c1-15-12-20(24-10-4-5-11-24)19(21)13-16(15)14-22-17-6-8-18(9-7-17)23(2)3/h6-9,12-14H,4-5,10-11H2,1-3H3. The van der Waals surface area contributed by atoms with Gasteiger partial charge in [-0.05, 0) is 67.3 Å². The molecule has 3 nitrogen and oxygen atoms in total. The molecule has 2 aromatic rings. The Morgan fingerprint density at radius 3 is 2.38 bits per heavy atom. The Morgan fingerprint density at radius 2 is 1.75 bits per heavy atom. The van der Waals surface area contributed by atoms with Crippen molar-refractivity contribution in [3.63, 3.8) is 0 Å². The van der Waals surface area contributed by atoms with E-state index in [1.54, 1.807) is 12.3 Å². The highest BCUT2D eigenvalue weighted by atomic mass is 19.1. The molecule has 4 heteroatoms. The number of nitrogens with zero attached hydrogens (tertiary/aromatic N) is 3. The number of hydrogen-bond acceptors (Lipinski definition) is 3. The molecule has 3 rings (SSSR count). The van der Waals surface area contributed by atoms with Crippen LogP contribution in [0.2, 0.25) is 0 Å². The average Bonchev–Trinajstić information content (AvgIpc) is 3.10. The molecular formula is C20H24FN3. The fourth-order valence-electron chi connectivity index (χ4n) is 3.00. The van der Waals surface area contributed by atoms with Crippen molar-refractivity contribution < 1.29 is 4.39 Å². The summed E-state index contributed by atoms with van der Waals surface area (Å²) in [6, 6.07) is 11.5. The minimum atomic E-state index is -0.160. The van der Waals surface area contributed by atoms with Gasteiger partial charge in [0.1, 0.15) is 5.82 Å². The summed E-state index contributed by atoms with van der Waals surface area (Å²) in [5.41, 5.74) is 4.59. The first kappa shape index (κ1) is 16.5. The number of rotatable bonds is 4. The van der Waals surface area contributed by atoms with Gasteiger partial charge >= 0.3 is 0 Å². The third kappa shape index (κ3) is 3.58. The monoisotopic (exact) mass is 325 g/mol. The normalized spacial score (nSPS) is 14.6. The number of aliphatic imine (C=N–C) groups is 1. The first-order chi connectivity index (χ1) is 11.5. The molecule has 1 aliphatic rings. The molecule has 1 fully saturated rings. The van der Waals surface area contributed by atoms with Crippen LogP contribution in [0.15, 0.2) is 41.4 Å². The summed E-state index contributed by atoms with van der Waals surface area (Å²) >= 11 is 0. The molecule has 0 bridgehead atoms. The maximum absolute atomic E-state index is 14.4. The Morgan fingerprint density at radius 1 is 1.08 bits per heavy atom. The van der Waals surface area contributed by atoms with Crippen LogP contribution in [0.3, 0.4) is 0 Å². The summed E-state index contributed by atoms with van der Waals surface area (Å²) in [7, 11) is 4.01. The van der Waals surface area contributed by atoms with Gasteiger partial charge < -0.3 is 9.80 Å². The van der Waals surface area contributed by atoms with Crippen molar-refractivity contribution in [2.24, 2.45) is 4.99 Å². The topological polar surface area (TPSA) is 18.8 Å². The van der Waals surface area contributed by atoms with Crippen molar-refractivity contribution in [3.05, 3.63) is 53.3 Å². The van der Waals surface area contributed by atoms with E-state index >= 15 is 0 Å². The van der Waals surface area contributed by atoms with E-state index in [4.69, 9.17) is 0 Å². The predicted molar refractivity (Wildman–Crippen MR) is 101 cm³/mol. The van der Waals surface area contributed by atoms with Gasteiger partial charge in [-0.15, -0.1) is 0 Å². The maximum atomic E-state index is 14.4. The second-order valence-electron chi connectivity index (χ2n) is 6.52. The second-order valence-corrected chi connectivity index (χ2v) is 6.52. The molecule has 1 heterocycles. The lowest BCUT2D eigenvalue weighted by Crippen LogP contribution is -2.19. The molecule has 126 valence electrons. The highest BCUT2D eigenvalue weighted by Gasteiger charge is 2.17. The molecule has 0 atom stereocenters. The molecule has 0 spiro atoms. The number of hydrogen-bond donors (Lipinski definition) is 0. The zero-order chi connectivity index (χ0) is 17.1. The van der Waals surface area contributed by atoms with E-state index in [0.717, 1.165) is 54.1 Å². The van der Waals surface area contributed by atoms with E-state index in [-0.39, 0.29) is 5.82 Å². The number of anilines is 2. The highest BCUT2D eigenvalue weighted by Crippen LogP contribution is 2.26. The van der Waals surface area contributed by atoms with Gasteiger partial charge in [0.05, 0.1) is 11.4 Å². The fourth-order valence-corrected chi connectivity index (χ4v) is 3.00. The van der Waals surface area contributed by atoms with E-state index in [0.29, 0.717) is 0 Å². The Balaban J connectivity index is 1.80. The van der Waals surface area contributed by atoms with E-state index in [2.05, 4.69) is 9.89 Å². The van der Waals surface area contributed by atoms with Crippen LogP contribution < -0.4 is 9.80 Å². The van der Waals surface area contributed by atoms with Gasteiger partial charge in [-0.25, -0.2) is 4.39 Å². The van der Waals surface area contributed by atoms with Crippen LogP contribution in [-0.2, 0) is 0 Å². The van der Waals surface area contributed by atoms with Gasteiger partial charge in [0.15, 0.2) is 0 Å². The average molecular weight is 325 g/mol. The van der Waals surface area contributed by atoms with E-state index < -0.39 is 0 Å². The van der Waals surface area contributed by atoms with Crippen LogP contribution in [0.5, 0.6) is 0 Å². The molecule has 0 radical (unpaired) electrons. The fraction of sp³-hybridized carbons (Fsp3) is 0.350. The zero-order valence-corrected chi connectivity index (χ0v) is 14.6. The lowest BCUT2D eigenvalue weighted by Gasteiger charge is -2.19. The third-order valence-electron chi connectivity index (χ3n) is 4.50. The van der Waals surface area contributed by atoms with Crippen LogP contribution in [0.1, 0.15) is 24.0 Å². The van der Waals surface area contributed by atoms with Gasteiger partial charge in [-0.2, -0.15) is 0 Å². The third-order valence-corrected chi connectivity index (χ3v) is 4.50. The van der Waals surface area contributed by atoms with Crippen LogP contribution in [0.4, 0.5) is 21.5 Å². The zero-order valence-electron chi connectivity index (χ0n) is 14.6. The molecule has 1 saturated heterocycles. The molecule has 0 aromatic heterocycles. The van der Waals surface area contributed by atoms with Crippen molar-refractivity contribution in [2.75, 3.05) is 37.0 Å². The number of aryl methyl sites for hydroxylation is 1. The lowest BCUT2D eigenvalue weighted by atomic mass is 10.1. The summed E-state index contributed by atoms with van der Waals surface area (Å²) in [5, 5.41) is 0. The van der Waals surface area contributed by atoms with Crippen molar-refractivity contribution >= 4 is 23.3 Å². The Hall–Kier alpha value is -2.36. The summed E-state index contributed by atoms with van der Waals surface area (Å²) in [5.74, 6) is -0.160. The van der Waals surface area contributed by atoms with Crippen molar-refractivity contribution in [1.29, 1.82) is 0 Å². The van der Waals surface area contributed by atoms with Crippen LogP contribution in [-0.4, -0.2) is 33.4 Å². The molecule has 0 aliphatic carbocycles. The molecule has 0 unspecified atom stereocenters. The van der Waals surface area contributed by atoms with E-state index in [1.165, 1.54) is 0 Å². The lowest BCUT2D eigenvalue weighted by molar-refractivity contribution is 0.622. The quantitative estimate of drug-likeness (QED) is 0.768. The van der Waals surface area contributed by atoms with E-state index in [9.17, 15) is 4.39 Å². The predicted octanol–water partition coefficient (Wildman–Crippen LogP) is 4.55. The van der Waals surface area contributed by atoms with E-state index in [1.807, 2.05) is 56.3 Å². The number of benzene rings is 2. The number of halogens is 1. The SMILES string of the molecule is Cc1cc(N2CCCC2)c(F)cc1C=Nc1ccc(N(C)C)cc1. The summed E-state index contributed by atoms with van der Waals surface area (Å²) < 4.78 is 14.4. The molecular weight excluding hydrogens is 301 g/mol. The van der Waals surface area contributed by atoms with Crippen molar-refractivity contribution in [2.45, 2.75) is 19.8 Å². The van der Waals surface area contributed by atoms with Gasteiger partial charge in [0.25, 0.3) is 0 Å². The Bertz CT molecular complexity index is 729. The van der Waals surface area contributed by atoms with Gasteiger partial charge in [0, 0.05) is 39.1 Å². The first-order valence-electron chi connectivity index (χ1n) is 8.41. The minimum absolute atomic E-state index is 0.160. The Labute approximate surface area is 143 Å². The van der Waals surface area contributed by atoms with Gasteiger partial charge in [0.2, 0.25) is 0 Å². The van der Waals surface area contributed by atoms with Crippen LogP contribution in [0.25, 0.3) is 0 Å². The summed E-state index contributed by atoms with van der Waals surface area (Å²) in [6.07, 6.45) is 4.03. The summed E-state index contributed by atoms with van der Waals surface area (Å²) in [6.45, 7) is 3.90. The summed E-state index contributed by atoms with van der Waals surface area (Å²) in [4.78, 5) is 8.66. The molecule has 0 saturated carbocycles. The largest absolute Gasteiger partial charge is 0.378 e. The van der Waals surface area contributed by atoms with Gasteiger partial charge in [-0.3, -0.25) is 4.99 Å². The first-order valence-corrected chi connectivity index (χ1v) is 8.41. The van der Waals surface area contributed by atoms with Crippen LogP contribution >= 0.6 is 0 Å². The molecule has 0 amide bonds. The highest BCUT2D eigenvalue weighted by molar-refractivity contribution is 5.85. The molecule has 24 heavy (non-hydrogen) atoms. The molecule has 1 aliphatic heterocycles. The minimum Gasteiger partial charge on any atom is -0.378 e. The van der Waals surface area contributed by atoms with Crippen LogP contribution in [0, 0.1) is 12.7 Å². The smallest absolute Gasteiger partial charge is 0.147 e. The van der Waals surface area contributed by atoms with Crippen molar-refractivity contribution in [1.82, 2.24) is 0 Å². The molecule has 2 aromatic carbocycles. The maximum Gasteiger partial charge on any atom is 0.147 e. The second kappa shape index (κ2) is 7.04. The molecule has 0 N–H and O–H groups in total. The Kier molecular flexibility index (Phi) is 4.84. The van der Waals surface area contributed by atoms with Crippen molar-refractivity contribution in [3.8, 4) is 0 Å². The van der Waals surface area contributed by atoms with Gasteiger partial charge in [-0.1, -0.05) is 0 Å².